The zero-order valence-electron chi connectivity index (χ0n) is 7.97. The van der Waals surface area contributed by atoms with Gasteiger partial charge in [0.1, 0.15) is 5.82 Å². The average molecular weight is 260 g/mol. The highest BCUT2D eigenvalue weighted by Crippen LogP contribution is 2.19. The fourth-order valence-electron chi connectivity index (χ4n) is 0.846. The van der Waals surface area contributed by atoms with Gasteiger partial charge in [-0.15, -0.1) is 0 Å². The molecule has 1 aromatic carbocycles. The van der Waals surface area contributed by atoms with Crippen LogP contribution in [0.2, 0.25) is 0 Å². The van der Waals surface area contributed by atoms with Crippen molar-refractivity contribution in [2.45, 2.75) is 18.2 Å². The Bertz CT molecular complexity index is 346. The van der Waals surface area contributed by atoms with Gasteiger partial charge in [-0.2, -0.15) is 0 Å². The molecule has 0 heterocycles. The lowest BCUT2D eigenvalue weighted by Crippen LogP contribution is -2.30. The zero-order valence-corrected chi connectivity index (χ0v) is 9.56. The number of amides is 1. The Hall–Kier alpha value is -0.900. The predicted octanol–water partition coefficient (Wildman–Crippen LogP) is 2.94. The summed E-state index contributed by atoms with van der Waals surface area (Å²) in [5.74, 6) is -0.571. The molecule has 0 fully saturated rings. The Morgan fingerprint density at radius 3 is 2.64 bits per heavy atom. The molecular formula is C10H11BrFNO. The fraction of sp³-hybridized carbons (Fsp3) is 0.300. The monoisotopic (exact) mass is 259 g/mol. The van der Waals surface area contributed by atoms with E-state index in [2.05, 4.69) is 21.2 Å². The first kappa shape index (κ1) is 11.2. The molecule has 4 heteroatoms. The maximum atomic E-state index is 12.8. The van der Waals surface area contributed by atoms with Crippen molar-refractivity contribution in [1.29, 1.82) is 0 Å². The van der Waals surface area contributed by atoms with Crippen LogP contribution in [-0.2, 0) is 4.79 Å². The summed E-state index contributed by atoms with van der Waals surface area (Å²) in [6, 6.07) is 5.79. The summed E-state index contributed by atoms with van der Waals surface area (Å²) in [6.45, 7) is 3.45. The maximum absolute atomic E-state index is 12.8. The van der Waals surface area contributed by atoms with Crippen molar-refractivity contribution in [2.75, 3.05) is 5.32 Å². The number of hydrogen-bond donors (Lipinski definition) is 1. The molecule has 1 rings (SSSR count). The van der Waals surface area contributed by atoms with Gasteiger partial charge in [0.15, 0.2) is 0 Å². The van der Waals surface area contributed by atoms with E-state index >= 15 is 0 Å². The lowest BCUT2D eigenvalue weighted by Gasteiger charge is -2.15. The molecular weight excluding hydrogens is 249 g/mol. The smallest absolute Gasteiger partial charge is 0.240 e. The van der Waals surface area contributed by atoms with Crippen LogP contribution < -0.4 is 5.32 Å². The van der Waals surface area contributed by atoms with Gasteiger partial charge in [-0.25, -0.2) is 4.39 Å². The molecule has 0 saturated carbocycles. The van der Waals surface area contributed by atoms with E-state index in [9.17, 15) is 9.18 Å². The van der Waals surface area contributed by atoms with Gasteiger partial charge in [0.2, 0.25) is 5.91 Å². The number of alkyl halides is 1. The highest BCUT2D eigenvalue weighted by atomic mass is 79.9. The Labute approximate surface area is 90.6 Å². The SMILES string of the molecule is CC(C)(Br)C(=O)Nc1cccc(F)c1. The van der Waals surface area contributed by atoms with E-state index in [0.29, 0.717) is 5.69 Å². The molecule has 0 radical (unpaired) electrons. The van der Waals surface area contributed by atoms with Crippen molar-refractivity contribution in [3.63, 3.8) is 0 Å². The van der Waals surface area contributed by atoms with Crippen LogP contribution in [0.1, 0.15) is 13.8 Å². The van der Waals surface area contributed by atoms with Gasteiger partial charge in [-0.3, -0.25) is 4.79 Å². The van der Waals surface area contributed by atoms with Crippen LogP contribution >= 0.6 is 15.9 Å². The summed E-state index contributed by atoms with van der Waals surface area (Å²) in [4.78, 5) is 11.5. The van der Waals surface area contributed by atoms with Crippen molar-refractivity contribution < 1.29 is 9.18 Å². The molecule has 2 nitrogen and oxygen atoms in total. The van der Waals surface area contributed by atoms with Crippen molar-refractivity contribution in [3.05, 3.63) is 30.1 Å². The second kappa shape index (κ2) is 4.09. The first-order valence-corrected chi connectivity index (χ1v) is 4.95. The van der Waals surface area contributed by atoms with Crippen LogP contribution in [0.5, 0.6) is 0 Å². The summed E-state index contributed by atoms with van der Waals surface area (Å²) < 4.78 is 12.1. The lowest BCUT2D eigenvalue weighted by atomic mass is 10.2. The number of benzene rings is 1. The van der Waals surface area contributed by atoms with Crippen LogP contribution in [0, 0.1) is 5.82 Å². The Balaban J connectivity index is 2.75. The Kier molecular flexibility index (Phi) is 3.26. The van der Waals surface area contributed by atoms with E-state index in [1.807, 2.05) is 0 Å². The summed E-state index contributed by atoms with van der Waals surface area (Å²) in [5, 5.41) is 2.60. The van der Waals surface area contributed by atoms with E-state index < -0.39 is 4.32 Å². The lowest BCUT2D eigenvalue weighted by molar-refractivity contribution is -0.117. The molecule has 76 valence electrons. The molecule has 1 aromatic rings. The summed E-state index contributed by atoms with van der Waals surface area (Å²) in [5.41, 5.74) is 0.461. The van der Waals surface area contributed by atoms with E-state index in [0.717, 1.165) is 0 Å². The van der Waals surface area contributed by atoms with Crippen molar-refractivity contribution >= 4 is 27.5 Å². The van der Waals surface area contributed by atoms with E-state index in [1.54, 1.807) is 26.0 Å². The molecule has 0 bridgehead atoms. The number of nitrogens with one attached hydrogen (secondary N) is 1. The standard InChI is InChI=1S/C10H11BrFNO/c1-10(2,11)9(14)13-8-5-3-4-7(12)6-8/h3-6H,1-2H3,(H,13,14). The van der Waals surface area contributed by atoms with Gasteiger partial charge in [0.05, 0.1) is 4.32 Å². The number of rotatable bonds is 2. The molecule has 0 aromatic heterocycles. The highest BCUT2D eigenvalue weighted by Gasteiger charge is 2.23. The van der Waals surface area contributed by atoms with Crippen molar-refractivity contribution in [1.82, 2.24) is 0 Å². The first-order valence-electron chi connectivity index (χ1n) is 4.15. The van der Waals surface area contributed by atoms with Crippen LogP contribution in [0.4, 0.5) is 10.1 Å². The van der Waals surface area contributed by atoms with Gasteiger partial charge in [-0.1, -0.05) is 22.0 Å². The third kappa shape index (κ3) is 3.10. The minimum absolute atomic E-state index is 0.205. The van der Waals surface area contributed by atoms with Crippen molar-refractivity contribution in [2.24, 2.45) is 0 Å². The second-order valence-corrected chi connectivity index (χ2v) is 5.42. The van der Waals surface area contributed by atoms with Crippen LogP contribution in [0.15, 0.2) is 24.3 Å². The number of carbonyl (C=O) groups is 1. The summed E-state index contributed by atoms with van der Waals surface area (Å²) in [6.07, 6.45) is 0. The third-order valence-corrected chi connectivity index (χ3v) is 1.98. The predicted molar refractivity (Wildman–Crippen MR) is 58.0 cm³/mol. The van der Waals surface area contributed by atoms with Crippen molar-refractivity contribution in [3.8, 4) is 0 Å². The van der Waals surface area contributed by atoms with Crippen LogP contribution in [-0.4, -0.2) is 10.2 Å². The van der Waals surface area contributed by atoms with Crippen LogP contribution in [0.25, 0.3) is 0 Å². The third-order valence-electron chi connectivity index (χ3n) is 1.62. The average Bonchev–Trinajstić information content (AvgIpc) is 2.02. The van der Waals surface area contributed by atoms with Gasteiger partial charge in [0, 0.05) is 5.69 Å². The Morgan fingerprint density at radius 2 is 2.14 bits per heavy atom. The summed E-state index contributed by atoms with van der Waals surface area (Å²) in [7, 11) is 0. The topological polar surface area (TPSA) is 29.1 Å². The van der Waals surface area contributed by atoms with Gasteiger partial charge < -0.3 is 5.32 Å². The summed E-state index contributed by atoms with van der Waals surface area (Å²) >= 11 is 3.21. The molecule has 0 aliphatic heterocycles. The highest BCUT2D eigenvalue weighted by molar-refractivity contribution is 9.10. The second-order valence-electron chi connectivity index (χ2n) is 3.44. The molecule has 0 aliphatic carbocycles. The van der Waals surface area contributed by atoms with E-state index in [4.69, 9.17) is 0 Å². The van der Waals surface area contributed by atoms with E-state index in [1.165, 1.54) is 12.1 Å². The van der Waals surface area contributed by atoms with Gasteiger partial charge >= 0.3 is 0 Å². The molecule has 0 saturated heterocycles. The number of hydrogen-bond acceptors (Lipinski definition) is 1. The molecule has 0 spiro atoms. The molecule has 14 heavy (non-hydrogen) atoms. The quantitative estimate of drug-likeness (QED) is 0.814. The minimum atomic E-state index is -0.653. The zero-order chi connectivity index (χ0) is 10.8. The number of halogens is 2. The maximum Gasteiger partial charge on any atom is 0.240 e. The number of carbonyl (C=O) groups excluding carboxylic acids is 1. The minimum Gasteiger partial charge on any atom is -0.325 e. The Morgan fingerprint density at radius 1 is 1.50 bits per heavy atom. The normalized spacial score (nSPS) is 11.1. The van der Waals surface area contributed by atoms with E-state index in [-0.39, 0.29) is 11.7 Å². The molecule has 0 atom stereocenters. The van der Waals surface area contributed by atoms with Gasteiger partial charge in [-0.05, 0) is 32.0 Å². The van der Waals surface area contributed by atoms with Crippen LogP contribution in [0.3, 0.4) is 0 Å². The molecule has 0 unspecified atom stereocenters. The first-order chi connectivity index (χ1) is 6.39. The van der Waals surface area contributed by atoms with Gasteiger partial charge in [0.25, 0.3) is 0 Å². The fourth-order valence-corrected chi connectivity index (χ4v) is 0.945. The number of anilines is 1. The molecule has 1 N–H and O–H groups in total. The molecule has 1 amide bonds. The largest absolute Gasteiger partial charge is 0.325 e. The molecule has 0 aliphatic rings.